The standard InChI is InChI=1S/C25H24N2O5.CH5N/c1-29-15-21-20-13-24(31-3)23(30-2)12-19(20)17(14-26-21)11-18-8-7-16-5-4-6-22(25(16)27-18)32-10-9-28;1-2/h4-9,12-14H,10-11,15H2,1-3H3;2H2,1H3. The molecule has 8 nitrogen and oxygen atoms in total. The van der Waals surface area contributed by atoms with E-state index in [0.29, 0.717) is 30.3 Å². The van der Waals surface area contributed by atoms with E-state index in [1.165, 1.54) is 7.05 Å². The minimum atomic E-state index is -0.0117. The molecule has 2 N–H and O–H groups in total. The number of hydrogen-bond acceptors (Lipinski definition) is 8. The number of nitrogens with zero attached hydrogens (tertiary/aromatic N) is 2. The Morgan fingerprint density at radius 2 is 1.68 bits per heavy atom. The normalized spacial score (nSPS) is 10.5. The second kappa shape index (κ2) is 11.9. The molecule has 0 spiro atoms. The predicted octanol–water partition coefficient (Wildman–Crippen LogP) is 3.69. The molecular formula is C26H29N3O5. The molecule has 0 saturated carbocycles. The lowest BCUT2D eigenvalue weighted by Gasteiger charge is -2.15. The molecule has 178 valence electrons. The molecule has 0 aliphatic rings. The second-order valence-corrected chi connectivity index (χ2v) is 7.20. The van der Waals surface area contributed by atoms with Crippen molar-refractivity contribution in [3.63, 3.8) is 0 Å². The molecule has 0 saturated heterocycles. The maximum atomic E-state index is 10.7. The number of aldehydes is 1. The van der Waals surface area contributed by atoms with Gasteiger partial charge in [0.15, 0.2) is 17.8 Å². The van der Waals surface area contributed by atoms with Gasteiger partial charge in [-0.25, -0.2) is 4.98 Å². The quantitative estimate of drug-likeness (QED) is 0.375. The number of pyridine rings is 2. The number of aromatic nitrogens is 2. The molecule has 2 heterocycles. The van der Waals surface area contributed by atoms with Gasteiger partial charge in [-0.05, 0) is 42.3 Å². The number of methoxy groups -OCH3 is 3. The Kier molecular flexibility index (Phi) is 8.73. The minimum absolute atomic E-state index is 0.0117. The number of fused-ring (bicyclic) bond motifs is 2. The maximum Gasteiger partial charge on any atom is 0.161 e. The van der Waals surface area contributed by atoms with Gasteiger partial charge in [0.2, 0.25) is 0 Å². The van der Waals surface area contributed by atoms with Crippen molar-refractivity contribution >= 4 is 28.0 Å². The zero-order valence-corrected chi connectivity index (χ0v) is 19.8. The average Bonchev–Trinajstić information content (AvgIpc) is 2.89. The molecule has 0 unspecified atom stereocenters. The molecule has 4 aromatic rings. The number of para-hydroxylation sites is 1. The first-order chi connectivity index (χ1) is 16.7. The van der Waals surface area contributed by atoms with Gasteiger partial charge in [0.1, 0.15) is 17.9 Å². The number of carbonyl (C=O) groups excluding carboxylic acids is 1. The fraction of sp³-hybridized carbons (Fsp3) is 0.269. The van der Waals surface area contributed by atoms with E-state index >= 15 is 0 Å². The predicted molar refractivity (Wildman–Crippen MR) is 132 cm³/mol. The van der Waals surface area contributed by atoms with Crippen molar-refractivity contribution in [3.05, 3.63) is 65.6 Å². The fourth-order valence-corrected chi connectivity index (χ4v) is 3.77. The summed E-state index contributed by atoms with van der Waals surface area (Å²) in [6, 6.07) is 13.5. The summed E-state index contributed by atoms with van der Waals surface area (Å²) in [5, 5.41) is 2.89. The van der Waals surface area contributed by atoms with Crippen LogP contribution in [0, 0.1) is 0 Å². The molecule has 0 bridgehead atoms. The highest BCUT2D eigenvalue weighted by Gasteiger charge is 2.15. The maximum absolute atomic E-state index is 10.7. The van der Waals surface area contributed by atoms with Gasteiger partial charge in [-0.1, -0.05) is 18.2 Å². The van der Waals surface area contributed by atoms with Crippen LogP contribution < -0.4 is 19.9 Å². The molecule has 4 rings (SSSR count). The summed E-state index contributed by atoms with van der Waals surface area (Å²) in [6.07, 6.45) is 3.14. The summed E-state index contributed by atoms with van der Waals surface area (Å²) in [4.78, 5) is 20.2. The Hall–Kier alpha value is -3.75. The lowest BCUT2D eigenvalue weighted by atomic mass is 10.00. The third-order valence-electron chi connectivity index (χ3n) is 5.26. The van der Waals surface area contributed by atoms with Gasteiger partial charge in [0.25, 0.3) is 0 Å². The summed E-state index contributed by atoms with van der Waals surface area (Å²) < 4.78 is 21.9. The largest absolute Gasteiger partial charge is 0.493 e. The van der Waals surface area contributed by atoms with Crippen molar-refractivity contribution in [1.82, 2.24) is 9.97 Å². The molecule has 0 amide bonds. The minimum Gasteiger partial charge on any atom is -0.493 e. The van der Waals surface area contributed by atoms with Gasteiger partial charge in [-0.15, -0.1) is 0 Å². The van der Waals surface area contributed by atoms with Crippen molar-refractivity contribution in [2.45, 2.75) is 13.0 Å². The topological polar surface area (TPSA) is 106 Å². The zero-order valence-electron chi connectivity index (χ0n) is 19.8. The lowest BCUT2D eigenvalue weighted by molar-refractivity contribution is -0.109. The van der Waals surface area contributed by atoms with Crippen LogP contribution in [-0.4, -0.2) is 51.2 Å². The SMILES string of the molecule is CN.COCc1ncc(Cc2ccc3cccc(OCC=O)c3n2)c2cc(OC)c(OC)cc12. The van der Waals surface area contributed by atoms with Crippen LogP contribution in [0.1, 0.15) is 17.0 Å². The monoisotopic (exact) mass is 463 g/mol. The Balaban J connectivity index is 0.00000158. The van der Waals surface area contributed by atoms with Crippen molar-refractivity contribution in [3.8, 4) is 17.2 Å². The molecule has 2 aromatic heterocycles. The van der Waals surface area contributed by atoms with Gasteiger partial charge < -0.3 is 24.7 Å². The van der Waals surface area contributed by atoms with Crippen LogP contribution in [0.5, 0.6) is 17.2 Å². The van der Waals surface area contributed by atoms with Crippen LogP contribution in [0.25, 0.3) is 21.7 Å². The Morgan fingerprint density at radius 3 is 2.35 bits per heavy atom. The number of nitrogens with two attached hydrogens (primary N) is 1. The van der Waals surface area contributed by atoms with Gasteiger partial charge in [-0.2, -0.15) is 0 Å². The summed E-state index contributed by atoms with van der Waals surface area (Å²) in [5.74, 6) is 1.87. The highest BCUT2D eigenvalue weighted by atomic mass is 16.5. The molecule has 0 aliphatic heterocycles. The van der Waals surface area contributed by atoms with E-state index in [4.69, 9.17) is 23.9 Å². The summed E-state index contributed by atoms with van der Waals surface area (Å²) in [7, 11) is 6.37. The van der Waals surface area contributed by atoms with Crippen LogP contribution in [0.4, 0.5) is 0 Å². The molecule has 34 heavy (non-hydrogen) atoms. The van der Waals surface area contributed by atoms with Crippen molar-refractivity contribution in [2.75, 3.05) is 35.0 Å². The van der Waals surface area contributed by atoms with E-state index in [9.17, 15) is 4.79 Å². The highest BCUT2D eigenvalue weighted by Crippen LogP contribution is 2.35. The number of ether oxygens (including phenoxy) is 4. The van der Waals surface area contributed by atoms with Gasteiger partial charge >= 0.3 is 0 Å². The number of carbonyl (C=O) groups is 1. The number of rotatable bonds is 9. The van der Waals surface area contributed by atoms with Crippen molar-refractivity contribution in [2.24, 2.45) is 5.73 Å². The molecular weight excluding hydrogens is 434 g/mol. The van der Waals surface area contributed by atoms with Crippen LogP contribution in [0.3, 0.4) is 0 Å². The molecule has 0 radical (unpaired) electrons. The Bertz CT molecular complexity index is 1280. The average molecular weight is 464 g/mol. The van der Waals surface area contributed by atoms with Gasteiger partial charge in [0.05, 0.1) is 26.5 Å². The van der Waals surface area contributed by atoms with Crippen LogP contribution in [0.2, 0.25) is 0 Å². The second-order valence-electron chi connectivity index (χ2n) is 7.20. The Morgan fingerprint density at radius 1 is 0.941 bits per heavy atom. The molecule has 2 aromatic carbocycles. The number of hydrogen-bond donors (Lipinski definition) is 1. The number of benzene rings is 2. The van der Waals surface area contributed by atoms with Crippen molar-refractivity contribution in [1.29, 1.82) is 0 Å². The van der Waals surface area contributed by atoms with E-state index in [2.05, 4.69) is 10.7 Å². The Labute approximate surface area is 198 Å². The highest BCUT2D eigenvalue weighted by molar-refractivity contribution is 5.91. The first-order valence-electron chi connectivity index (χ1n) is 10.7. The van der Waals surface area contributed by atoms with Gasteiger partial charge in [0, 0.05) is 36.2 Å². The first-order valence-corrected chi connectivity index (χ1v) is 10.7. The molecule has 0 fully saturated rings. The third kappa shape index (κ3) is 5.24. The lowest BCUT2D eigenvalue weighted by Crippen LogP contribution is -2.02. The van der Waals surface area contributed by atoms with Crippen molar-refractivity contribution < 1.29 is 23.7 Å². The first kappa shape index (κ1) is 24.9. The van der Waals surface area contributed by atoms with Crippen LogP contribution in [-0.2, 0) is 22.6 Å². The third-order valence-corrected chi connectivity index (χ3v) is 5.26. The van der Waals surface area contributed by atoms with Crippen LogP contribution in [0.15, 0.2) is 48.7 Å². The van der Waals surface area contributed by atoms with E-state index in [-0.39, 0.29) is 6.61 Å². The van der Waals surface area contributed by atoms with E-state index < -0.39 is 0 Å². The summed E-state index contributed by atoms with van der Waals surface area (Å²) in [5.41, 5.74) is 7.90. The van der Waals surface area contributed by atoms with E-state index in [1.54, 1.807) is 21.3 Å². The molecule has 8 heteroatoms. The van der Waals surface area contributed by atoms with Gasteiger partial charge in [-0.3, -0.25) is 9.78 Å². The van der Waals surface area contributed by atoms with Crippen LogP contribution >= 0.6 is 0 Å². The van der Waals surface area contributed by atoms with E-state index in [1.807, 2.05) is 48.7 Å². The smallest absolute Gasteiger partial charge is 0.161 e. The fourth-order valence-electron chi connectivity index (χ4n) is 3.77. The summed E-state index contributed by atoms with van der Waals surface area (Å²) in [6.45, 7) is 0.375. The summed E-state index contributed by atoms with van der Waals surface area (Å²) >= 11 is 0. The zero-order chi connectivity index (χ0) is 24.5. The van der Waals surface area contributed by atoms with E-state index in [0.717, 1.165) is 44.9 Å². The molecule has 0 aliphatic carbocycles. The molecule has 0 atom stereocenters.